The van der Waals surface area contributed by atoms with Crippen molar-refractivity contribution in [2.24, 2.45) is 0 Å². The van der Waals surface area contributed by atoms with Gasteiger partial charge in [-0.15, -0.1) is 0 Å². The third-order valence-electron chi connectivity index (χ3n) is 5.53. The van der Waals surface area contributed by atoms with Crippen LogP contribution in [0.4, 0.5) is 0 Å². The number of carbonyl (C=O) groups is 1. The number of methoxy groups -OCH3 is 1. The Kier molecular flexibility index (Phi) is 5.42. The lowest BCUT2D eigenvalue weighted by Gasteiger charge is -2.16. The van der Waals surface area contributed by atoms with Crippen molar-refractivity contribution in [1.82, 2.24) is 9.71 Å². The lowest BCUT2D eigenvalue weighted by molar-refractivity contribution is -0.118. The van der Waals surface area contributed by atoms with Crippen LogP contribution in [0.1, 0.15) is 40.9 Å². The number of ether oxygens (including phenoxy) is 3. The lowest BCUT2D eigenvalue weighted by Crippen LogP contribution is -2.05. The summed E-state index contributed by atoms with van der Waals surface area (Å²) in [5, 5.41) is 0.168. The molecule has 2 atom stereocenters. The molecule has 1 N–H and O–H groups in total. The monoisotopic (exact) mass is 434 g/mol. The fourth-order valence-electron chi connectivity index (χ4n) is 3.98. The maximum absolute atomic E-state index is 11.4. The van der Waals surface area contributed by atoms with E-state index in [2.05, 4.69) is 15.8 Å². The number of nitrogens with one attached hydrogen (secondary N) is 1. The van der Waals surface area contributed by atoms with Crippen LogP contribution in [-0.2, 0) is 11.2 Å². The number of amides is 1. The van der Waals surface area contributed by atoms with Gasteiger partial charge in [-0.25, -0.2) is 4.98 Å². The summed E-state index contributed by atoms with van der Waals surface area (Å²) in [6, 6.07) is 17.8. The van der Waals surface area contributed by atoms with E-state index in [0.717, 1.165) is 35.5 Å². The van der Waals surface area contributed by atoms with Gasteiger partial charge in [0.2, 0.25) is 11.8 Å². The third-order valence-corrected chi connectivity index (χ3v) is 6.60. The van der Waals surface area contributed by atoms with Gasteiger partial charge >= 0.3 is 0 Å². The molecule has 1 amide bonds. The minimum Gasteiger partial charge on any atom is -0.486 e. The average Bonchev–Trinajstić information content (AvgIpc) is 3.42. The zero-order valence-electron chi connectivity index (χ0n) is 17.0. The fourth-order valence-corrected chi connectivity index (χ4v) is 4.86. The van der Waals surface area contributed by atoms with Crippen LogP contribution in [-0.4, -0.2) is 18.0 Å². The summed E-state index contributed by atoms with van der Waals surface area (Å²) in [7, 11) is 1.59. The molecule has 2 aromatic carbocycles. The largest absolute Gasteiger partial charge is 0.486 e. The van der Waals surface area contributed by atoms with Gasteiger partial charge in [0.25, 0.3) is 0 Å². The molecule has 0 bridgehead atoms. The van der Waals surface area contributed by atoms with Gasteiger partial charge in [-0.3, -0.25) is 9.52 Å². The van der Waals surface area contributed by atoms with Gasteiger partial charge < -0.3 is 14.2 Å². The van der Waals surface area contributed by atoms with E-state index in [0.29, 0.717) is 18.1 Å². The highest BCUT2D eigenvalue weighted by molar-refractivity contribution is 7.98. The van der Waals surface area contributed by atoms with Gasteiger partial charge in [0.15, 0.2) is 0 Å². The van der Waals surface area contributed by atoms with E-state index < -0.39 is 0 Å². The summed E-state index contributed by atoms with van der Waals surface area (Å²) < 4.78 is 20.3. The van der Waals surface area contributed by atoms with E-state index in [9.17, 15) is 4.79 Å². The van der Waals surface area contributed by atoms with E-state index in [1.165, 1.54) is 17.5 Å². The maximum Gasteiger partial charge on any atom is 0.231 e. The highest BCUT2D eigenvalue weighted by Gasteiger charge is 2.28. The van der Waals surface area contributed by atoms with Crippen molar-refractivity contribution >= 4 is 17.9 Å². The predicted molar refractivity (Wildman–Crippen MR) is 119 cm³/mol. The highest BCUT2D eigenvalue weighted by Crippen LogP contribution is 2.41. The molecule has 6 nitrogen and oxygen atoms in total. The maximum atomic E-state index is 11.4. The van der Waals surface area contributed by atoms with Crippen LogP contribution in [0.5, 0.6) is 23.1 Å². The molecule has 2 heterocycles. The molecular formula is C24H22N2O4S. The van der Waals surface area contributed by atoms with Crippen molar-refractivity contribution in [2.75, 3.05) is 7.11 Å². The van der Waals surface area contributed by atoms with E-state index in [4.69, 9.17) is 14.2 Å². The van der Waals surface area contributed by atoms with E-state index in [-0.39, 0.29) is 17.3 Å². The highest BCUT2D eigenvalue weighted by atomic mass is 32.2. The Morgan fingerprint density at radius 3 is 2.61 bits per heavy atom. The van der Waals surface area contributed by atoms with Crippen molar-refractivity contribution in [3.8, 4) is 23.1 Å². The molecule has 3 aromatic rings. The number of aromatic nitrogens is 1. The van der Waals surface area contributed by atoms with Gasteiger partial charge in [-0.1, -0.05) is 24.3 Å². The molecule has 1 aliphatic carbocycles. The number of carbonyl (C=O) groups excluding carboxylic acids is 1. The molecule has 0 radical (unpaired) electrons. The zero-order chi connectivity index (χ0) is 21.2. The molecule has 5 rings (SSSR count). The number of nitrogens with zero attached hydrogens (tertiary/aromatic N) is 1. The average molecular weight is 435 g/mol. The first kappa shape index (κ1) is 19.8. The number of rotatable bonds is 6. The standard InChI is InChI=1S/C24H22N2O4S/c1-28-24-12-9-17(14-25-24)30-20-4-2-3-18-19(20)10-11-21(18)29-16-7-5-15(6-8-16)22-13-23(27)26-31-22/h2-9,12,14,21-22H,10-11,13H2,1H3,(H,26,27). The number of hydrogen-bond donors (Lipinski definition) is 1. The number of fused-ring (bicyclic) bond motifs is 1. The first-order valence-electron chi connectivity index (χ1n) is 10.2. The molecule has 2 aliphatic rings. The molecule has 1 saturated heterocycles. The van der Waals surface area contributed by atoms with Crippen molar-refractivity contribution in [3.63, 3.8) is 0 Å². The topological polar surface area (TPSA) is 69.7 Å². The predicted octanol–water partition coefficient (Wildman–Crippen LogP) is 5.16. The van der Waals surface area contributed by atoms with E-state index in [1.807, 2.05) is 42.5 Å². The van der Waals surface area contributed by atoms with Crippen LogP contribution in [0.15, 0.2) is 60.8 Å². The SMILES string of the molecule is COc1ccc(Oc2cccc3c2CCC3Oc2ccc(C3CC(=O)NS3)cc2)cn1. The second kappa shape index (κ2) is 8.51. The minimum atomic E-state index is -0.0116. The Morgan fingerprint density at radius 1 is 1.06 bits per heavy atom. The lowest BCUT2D eigenvalue weighted by atomic mass is 10.1. The Bertz CT molecular complexity index is 1090. The van der Waals surface area contributed by atoms with E-state index in [1.54, 1.807) is 19.4 Å². The third kappa shape index (κ3) is 4.18. The normalized spacial score (nSPS) is 19.6. The molecule has 0 spiro atoms. The summed E-state index contributed by atoms with van der Waals surface area (Å²) in [5.74, 6) is 2.98. The summed E-state index contributed by atoms with van der Waals surface area (Å²) in [6.07, 6.45) is 3.96. The summed E-state index contributed by atoms with van der Waals surface area (Å²) in [4.78, 5) is 15.6. The molecular weight excluding hydrogens is 412 g/mol. The quantitative estimate of drug-likeness (QED) is 0.541. The first-order valence-corrected chi connectivity index (χ1v) is 11.1. The Hall–Kier alpha value is -3.19. The molecule has 0 saturated carbocycles. The summed E-state index contributed by atoms with van der Waals surface area (Å²) in [6.45, 7) is 0. The molecule has 7 heteroatoms. The minimum absolute atomic E-state index is 0.0116. The fraction of sp³-hybridized carbons (Fsp3) is 0.250. The Morgan fingerprint density at radius 2 is 1.90 bits per heavy atom. The molecule has 1 fully saturated rings. The van der Waals surface area contributed by atoms with Crippen LogP contribution >= 0.6 is 11.9 Å². The van der Waals surface area contributed by atoms with Gasteiger partial charge in [-0.2, -0.15) is 0 Å². The van der Waals surface area contributed by atoms with Crippen LogP contribution in [0, 0.1) is 0 Å². The molecule has 1 aliphatic heterocycles. The van der Waals surface area contributed by atoms with Crippen molar-refractivity contribution in [1.29, 1.82) is 0 Å². The van der Waals surface area contributed by atoms with Gasteiger partial charge in [0.1, 0.15) is 23.4 Å². The molecule has 158 valence electrons. The zero-order valence-corrected chi connectivity index (χ0v) is 17.9. The van der Waals surface area contributed by atoms with Gasteiger partial charge in [-0.05, 0) is 60.2 Å². The number of pyridine rings is 1. The second-order valence-corrected chi connectivity index (χ2v) is 8.52. The summed E-state index contributed by atoms with van der Waals surface area (Å²) in [5.41, 5.74) is 3.46. The van der Waals surface area contributed by atoms with Crippen LogP contribution in [0.3, 0.4) is 0 Å². The molecule has 1 aromatic heterocycles. The van der Waals surface area contributed by atoms with Gasteiger partial charge in [0.05, 0.1) is 18.6 Å². The van der Waals surface area contributed by atoms with Crippen LogP contribution in [0.2, 0.25) is 0 Å². The Balaban J connectivity index is 1.29. The number of hydrogen-bond acceptors (Lipinski definition) is 6. The van der Waals surface area contributed by atoms with Crippen molar-refractivity contribution in [2.45, 2.75) is 30.6 Å². The summed E-state index contributed by atoms with van der Waals surface area (Å²) >= 11 is 1.47. The Labute approximate surface area is 185 Å². The van der Waals surface area contributed by atoms with Crippen LogP contribution in [0.25, 0.3) is 0 Å². The second-order valence-electron chi connectivity index (χ2n) is 7.51. The van der Waals surface area contributed by atoms with Gasteiger partial charge in [0, 0.05) is 18.1 Å². The molecule has 31 heavy (non-hydrogen) atoms. The van der Waals surface area contributed by atoms with E-state index >= 15 is 0 Å². The first-order chi connectivity index (χ1) is 15.2. The van der Waals surface area contributed by atoms with Crippen LogP contribution < -0.4 is 18.9 Å². The van der Waals surface area contributed by atoms with Crippen molar-refractivity contribution in [3.05, 3.63) is 77.5 Å². The smallest absolute Gasteiger partial charge is 0.231 e. The molecule has 2 unspecified atom stereocenters. The number of benzene rings is 2. The van der Waals surface area contributed by atoms with Crippen molar-refractivity contribution < 1.29 is 19.0 Å².